The smallest absolute Gasteiger partial charge is 0.124 e. The molecule has 14 rings (SSSR count). The molecule has 0 spiro atoms. The number of fused-ring (bicyclic) bond motifs is 9. The highest BCUT2D eigenvalue weighted by molar-refractivity contribution is 7.22. The van der Waals surface area contributed by atoms with Gasteiger partial charge in [-0.15, -0.1) is 22.7 Å². The van der Waals surface area contributed by atoms with E-state index in [9.17, 15) is 0 Å². The van der Waals surface area contributed by atoms with Gasteiger partial charge in [0.05, 0.1) is 20.4 Å². The first-order valence-electron chi connectivity index (χ1n) is 23.1. The minimum atomic E-state index is 1.03. The van der Waals surface area contributed by atoms with Crippen molar-refractivity contribution < 1.29 is 0 Å². The largest absolute Gasteiger partial charge is 0.235 e. The Morgan fingerprint density at radius 1 is 0.235 bits per heavy atom. The summed E-state index contributed by atoms with van der Waals surface area (Å²) < 4.78 is 2.40. The number of thiazole rings is 2. The summed E-state index contributed by atoms with van der Waals surface area (Å²) in [5, 5.41) is 14.2. The highest BCUT2D eigenvalue weighted by atomic mass is 32.1. The van der Waals surface area contributed by atoms with E-state index < -0.39 is 0 Å². The maximum Gasteiger partial charge on any atom is 0.124 e. The van der Waals surface area contributed by atoms with Crippen LogP contribution < -0.4 is 0 Å². The number of hydrogen-bond donors (Lipinski definition) is 0. The van der Waals surface area contributed by atoms with Crippen molar-refractivity contribution >= 4 is 97.0 Å². The third kappa shape index (κ3) is 6.15. The fourth-order valence-electron chi connectivity index (χ4n) is 10.7. The highest BCUT2D eigenvalue weighted by Gasteiger charge is 2.26. The van der Waals surface area contributed by atoms with Crippen molar-refractivity contribution in [3.8, 4) is 65.6 Å². The van der Waals surface area contributed by atoms with Gasteiger partial charge in [0.15, 0.2) is 0 Å². The molecular weight excluding hydrogens is 861 g/mol. The van der Waals surface area contributed by atoms with E-state index >= 15 is 0 Å². The predicted octanol–water partition coefficient (Wildman–Crippen LogP) is 18.7. The lowest BCUT2D eigenvalue weighted by Gasteiger charge is -2.25. The van der Waals surface area contributed by atoms with Gasteiger partial charge in [-0.3, -0.25) is 0 Å². The molecule has 0 atom stereocenters. The van der Waals surface area contributed by atoms with Gasteiger partial charge in [-0.05, 0) is 99.7 Å². The summed E-state index contributed by atoms with van der Waals surface area (Å²) in [6.07, 6.45) is 0. The molecule has 0 aliphatic carbocycles. The van der Waals surface area contributed by atoms with Gasteiger partial charge in [-0.1, -0.05) is 218 Å². The Morgan fingerprint density at radius 3 is 0.897 bits per heavy atom. The molecule has 0 aliphatic heterocycles. The summed E-state index contributed by atoms with van der Waals surface area (Å²) in [5.41, 5.74) is 14.0. The molecule has 0 amide bonds. The summed E-state index contributed by atoms with van der Waals surface area (Å²) in [6.45, 7) is 0. The van der Waals surface area contributed by atoms with Crippen molar-refractivity contribution in [1.29, 1.82) is 0 Å². The second kappa shape index (κ2) is 15.7. The number of nitrogens with zero attached hydrogens (tertiary/aromatic N) is 2. The number of hydrogen-bond acceptors (Lipinski definition) is 4. The van der Waals surface area contributed by atoms with Gasteiger partial charge < -0.3 is 0 Å². The van der Waals surface area contributed by atoms with Crippen molar-refractivity contribution in [2.45, 2.75) is 0 Å². The van der Waals surface area contributed by atoms with Gasteiger partial charge in [0.25, 0.3) is 0 Å². The van der Waals surface area contributed by atoms with Crippen LogP contribution in [0, 0.1) is 0 Å². The molecule has 0 N–H and O–H groups in total. The van der Waals surface area contributed by atoms with Crippen LogP contribution >= 0.6 is 22.7 Å². The van der Waals surface area contributed by atoms with Crippen LogP contribution in [0.4, 0.5) is 0 Å². The van der Waals surface area contributed by atoms with E-state index in [-0.39, 0.29) is 0 Å². The van der Waals surface area contributed by atoms with Crippen molar-refractivity contribution in [3.63, 3.8) is 0 Å². The average Bonchev–Trinajstić information content (AvgIpc) is 4.07. The monoisotopic (exact) mass is 898 g/mol. The van der Waals surface area contributed by atoms with E-state index in [1.54, 1.807) is 22.7 Å². The minimum absolute atomic E-state index is 1.03. The second-order valence-corrected chi connectivity index (χ2v) is 19.6. The third-order valence-corrected chi connectivity index (χ3v) is 15.9. The lowest BCUT2D eigenvalue weighted by Crippen LogP contribution is -1.97. The zero-order valence-electron chi connectivity index (χ0n) is 36.7. The predicted molar refractivity (Wildman–Crippen MR) is 293 cm³/mol. The first kappa shape index (κ1) is 38.9. The van der Waals surface area contributed by atoms with Crippen molar-refractivity contribution in [2.75, 3.05) is 0 Å². The third-order valence-electron chi connectivity index (χ3n) is 13.7. The van der Waals surface area contributed by atoms with Gasteiger partial charge in [0, 0.05) is 21.9 Å². The summed E-state index contributed by atoms with van der Waals surface area (Å²) >= 11 is 3.52. The van der Waals surface area contributed by atoms with E-state index in [2.05, 4.69) is 231 Å². The fourth-order valence-corrected chi connectivity index (χ4v) is 12.6. The normalized spacial score (nSPS) is 11.8. The lowest BCUT2D eigenvalue weighted by molar-refractivity contribution is 1.49. The summed E-state index contributed by atoms with van der Waals surface area (Å²) in [4.78, 5) is 10.5. The quantitative estimate of drug-likeness (QED) is 0.155. The van der Waals surface area contributed by atoms with Crippen LogP contribution in [-0.2, 0) is 0 Å². The molecule has 316 valence electrons. The van der Waals surface area contributed by atoms with Crippen LogP contribution in [0.1, 0.15) is 0 Å². The molecule has 2 nitrogen and oxygen atoms in total. The van der Waals surface area contributed by atoms with Crippen molar-refractivity contribution in [2.24, 2.45) is 0 Å². The Morgan fingerprint density at radius 2 is 0.529 bits per heavy atom. The molecule has 0 saturated heterocycles. The molecule has 2 heterocycles. The first-order chi connectivity index (χ1) is 33.7. The number of aromatic nitrogens is 2. The standard InChI is InChI=1S/C64H38N2S2/c1-3-17-41(18-4-1)55-49-23-11-12-24-50(49)56(42-19-5-2-6-20-42)60-58(44-29-33-46(34-30-44)64-66-62-48-22-10-8-16-40(48)36-38-54(62)68-64)52-26-14-13-25-51(52)57(59(55)60)43-27-31-45(32-28-43)63-65-61-47-21-9-7-15-39(47)35-37-53(61)67-63/h1-38H. The van der Waals surface area contributed by atoms with Gasteiger partial charge >= 0.3 is 0 Å². The molecular formula is C64H38N2S2. The molecule has 0 saturated carbocycles. The molecule has 68 heavy (non-hydrogen) atoms. The van der Waals surface area contributed by atoms with Crippen LogP contribution in [0.5, 0.6) is 0 Å². The highest BCUT2D eigenvalue weighted by Crippen LogP contribution is 2.54. The van der Waals surface area contributed by atoms with E-state index in [0.717, 1.165) is 32.2 Å². The molecule has 0 aliphatic rings. The molecule has 14 aromatic rings. The Bertz CT molecular complexity index is 4010. The minimum Gasteiger partial charge on any atom is -0.235 e. The Kier molecular flexibility index (Phi) is 8.98. The van der Waals surface area contributed by atoms with Crippen molar-refractivity contribution in [1.82, 2.24) is 9.97 Å². The summed E-state index contributed by atoms with van der Waals surface area (Å²) in [5.74, 6) is 0. The first-order valence-corrected chi connectivity index (χ1v) is 24.7. The fraction of sp³-hybridized carbons (Fsp3) is 0. The summed E-state index contributed by atoms with van der Waals surface area (Å²) in [6, 6.07) is 84.4. The van der Waals surface area contributed by atoms with Crippen LogP contribution in [0.2, 0.25) is 0 Å². The topological polar surface area (TPSA) is 25.8 Å². The van der Waals surface area contributed by atoms with E-state index in [1.165, 1.54) is 108 Å². The van der Waals surface area contributed by atoms with E-state index in [4.69, 9.17) is 9.97 Å². The zero-order chi connectivity index (χ0) is 44.7. The van der Waals surface area contributed by atoms with Gasteiger partial charge in [0.2, 0.25) is 0 Å². The lowest BCUT2D eigenvalue weighted by atomic mass is 9.77. The van der Waals surface area contributed by atoms with Crippen LogP contribution in [0.3, 0.4) is 0 Å². The van der Waals surface area contributed by atoms with E-state index in [0.29, 0.717) is 0 Å². The molecule has 0 unspecified atom stereocenters. The van der Waals surface area contributed by atoms with Crippen LogP contribution in [-0.4, -0.2) is 9.97 Å². The van der Waals surface area contributed by atoms with Gasteiger partial charge in [-0.25, -0.2) is 9.97 Å². The van der Waals surface area contributed by atoms with Gasteiger partial charge in [0.1, 0.15) is 10.0 Å². The average molecular weight is 899 g/mol. The Hall–Kier alpha value is -8.28. The Balaban J connectivity index is 1.06. The van der Waals surface area contributed by atoms with Crippen molar-refractivity contribution in [3.05, 3.63) is 231 Å². The molecule has 4 heteroatoms. The SMILES string of the molecule is c1ccc(-c2c3ccccc3c(-c3ccccc3)c3c(-c4ccc(-c5nc6c(ccc7ccccc76)s5)cc4)c4ccccc4c(-c4ccc(-c5nc6c(ccc7ccccc76)s5)cc4)c23)cc1. The second-order valence-electron chi connectivity index (χ2n) is 17.5. The van der Waals surface area contributed by atoms with Crippen LogP contribution in [0.15, 0.2) is 231 Å². The zero-order valence-corrected chi connectivity index (χ0v) is 38.3. The number of rotatable bonds is 6. The molecule has 0 fully saturated rings. The summed E-state index contributed by atoms with van der Waals surface area (Å²) in [7, 11) is 0. The van der Waals surface area contributed by atoms with Crippen LogP contribution in [0.25, 0.3) is 140 Å². The molecule has 0 radical (unpaired) electrons. The van der Waals surface area contributed by atoms with Gasteiger partial charge in [-0.2, -0.15) is 0 Å². The Labute approximate surface area is 400 Å². The maximum absolute atomic E-state index is 5.26. The molecule has 0 bridgehead atoms. The molecule has 12 aromatic carbocycles. The molecule has 2 aromatic heterocycles. The maximum atomic E-state index is 5.26. The number of benzene rings is 12. The van der Waals surface area contributed by atoms with E-state index in [1.807, 2.05) is 0 Å².